The zero-order chi connectivity index (χ0) is 9.12. The van der Waals surface area contributed by atoms with E-state index in [1.807, 2.05) is 20.8 Å². The summed E-state index contributed by atoms with van der Waals surface area (Å²) in [4.78, 5) is 0. The molecule has 3 heteroatoms. The number of hydrogen-bond acceptors (Lipinski definition) is 2. The van der Waals surface area contributed by atoms with Crippen molar-refractivity contribution in [3.05, 3.63) is 0 Å². The van der Waals surface area contributed by atoms with Crippen molar-refractivity contribution in [1.29, 1.82) is 0 Å². The van der Waals surface area contributed by atoms with E-state index in [0.29, 0.717) is 0 Å². The van der Waals surface area contributed by atoms with E-state index >= 15 is 0 Å². The Balaban J connectivity index is 4.00. The van der Waals surface area contributed by atoms with E-state index in [-0.39, 0.29) is 0 Å². The maximum Gasteiger partial charge on any atom is 0.292 e. The smallest absolute Gasteiger partial charge is 0.292 e. The quantitative estimate of drug-likeness (QED) is 0.628. The molecule has 0 rings (SSSR count). The molecule has 1 radical (unpaired) electrons. The minimum atomic E-state index is -0.807. The van der Waals surface area contributed by atoms with E-state index in [1.54, 1.807) is 21.3 Å². The zero-order valence-corrected chi connectivity index (χ0v) is 8.14. The fraction of sp³-hybridized carbons (Fsp3) is 1.00. The fourth-order valence-corrected chi connectivity index (χ4v) is 0.436. The van der Waals surface area contributed by atoms with E-state index in [1.165, 1.54) is 0 Å². The predicted octanol–water partition coefficient (Wildman–Crippen LogP) is 1.61. The molecular weight excluding hydrogens is 139 g/mol. The second-order valence-corrected chi connectivity index (χ2v) is 3.76. The standard InChI is InChI=1S/C8H18BO2/c1-6-9-11-8(4,5)7(2,3)10/h10H,6H2,1-5H3. The van der Waals surface area contributed by atoms with Gasteiger partial charge in [0.1, 0.15) is 0 Å². The van der Waals surface area contributed by atoms with Gasteiger partial charge in [0.25, 0.3) is 7.48 Å². The molecule has 0 bridgehead atoms. The lowest BCUT2D eigenvalue weighted by Gasteiger charge is -2.37. The SMILES string of the molecule is CC[B]OC(C)(C)C(C)(C)O. The molecule has 0 heterocycles. The van der Waals surface area contributed by atoms with Crippen LogP contribution in [0, 0.1) is 0 Å². The average molecular weight is 157 g/mol. The molecule has 0 spiro atoms. The van der Waals surface area contributed by atoms with Crippen LogP contribution in [-0.4, -0.2) is 23.8 Å². The third-order valence-electron chi connectivity index (χ3n) is 2.02. The van der Waals surface area contributed by atoms with Gasteiger partial charge < -0.3 is 9.76 Å². The van der Waals surface area contributed by atoms with Crippen molar-refractivity contribution in [3.8, 4) is 0 Å². The lowest BCUT2D eigenvalue weighted by atomic mass is 9.86. The van der Waals surface area contributed by atoms with Crippen LogP contribution in [0.25, 0.3) is 0 Å². The number of hydrogen-bond donors (Lipinski definition) is 1. The first-order valence-electron chi connectivity index (χ1n) is 4.03. The molecule has 2 nitrogen and oxygen atoms in total. The Morgan fingerprint density at radius 3 is 2.00 bits per heavy atom. The Kier molecular flexibility index (Phi) is 3.58. The van der Waals surface area contributed by atoms with Gasteiger partial charge in [0.15, 0.2) is 0 Å². The molecule has 0 unspecified atom stereocenters. The first kappa shape index (κ1) is 11.0. The molecule has 0 aliphatic heterocycles. The highest BCUT2D eigenvalue weighted by molar-refractivity contribution is 6.27. The predicted molar refractivity (Wildman–Crippen MR) is 47.7 cm³/mol. The summed E-state index contributed by atoms with van der Waals surface area (Å²) in [5.74, 6) is 0. The Morgan fingerprint density at radius 1 is 1.27 bits per heavy atom. The van der Waals surface area contributed by atoms with Gasteiger partial charge >= 0.3 is 0 Å². The molecule has 0 saturated heterocycles. The molecule has 1 N–H and O–H groups in total. The molecule has 0 saturated carbocycles. The molecule has 65 valence electrons. The summed E-state index contributed by atoms with van der Waals surface area (Å²) >= 11 is 0. The molecule has 0 aliphatic carbocycles. The zero-order valence-electron chi connectivity index (χ0n) is 8.14. The normalized spacial score (nSPS) is 13.3. The largest absolute Gasteiger partial charge is 0.433 e. The maximum atomic E-state index is 9.63. The van der Waals surface area contributed by atoms with Crippen LogP contribution >= 0.6 is 0 Å². The molecule has 11 heavy (non-hydrogen) atoms. The van der Waals surface area contributed by atoms with Gasteiger partial charge in [0.05, 0.1) is 11.2 Å². The Morgan fingerprint density at radius 2 is 1.73 bits per heavy atom. The van der Waals surface area contributed by atoms with E-state index in [4.69, 9.17) is 4.65 Å². The Bertz CT molecular complexity index is 116. The molecule has 0 aromatic rings. The van der Waals surface area contributed by atoms with E-state index in [0.717, 1.165) is 6.32 Å². The van der Waals surface area contributed by atoms with E-state index in [2.05, 4.69) is 0 Å². The van der Waals surface area contributed by atoms with Crippen molar-refractivity contribution >= 4 is 7.48 Å². The molecule has 0 amide bonds. The van der Waals surface area contributed by atoms with E-state index in [9.17, 15) is 5.11 Å². The third kappa shape index (κ3) is 3.26. The average Bonchev–Trinajstić information content (AvgIpc) is 1.81. The van der Waals surface area contributed by atoms with Crippen molar-refractivity contribution in [3.63, 3.8) is 0 Å². The van der Waals surface area contributed by atoms with Crippen molar-refractivity contribution < 1.29 is 9.76 Å². The van der Waals surface area contributed by atoms with Crippen LogP contribution in [-0.2, 0) is 4.65 Å². The summed E-state index contributed by atoms with van der Waals surface area (Å²) in [6.45, 7) is 9.24. The van der Waals surface area contributed by atoms with Gasteiger partial charge in [-0.3, -0.25) is 0 Å². The van der Waals surface area contributed by atoms with Crippen molar-refractivity contribution in [2.24, 2.45) is 0 Å². The van der Waals surface area contributed by atoms with Crippen molar-refractivity contribution in [1.82, 2.24) is 0 Å². The molecule has 0 aliphatic rings. The highest BCUT2D eigenvalue weighted by atomic mass is 16.5. The Hall–Kier alpha value is -0.0151. The molecule has 0 aromatic carbocycles. The summed E-state index contributed by atoms with van der Waals surface area (Å²) in [5, 5.41) is 9.63. The monoisotopic (exact) mass is 157 g/mol. The number of rotatable bonds is 4. The van der Waals surface area contributed by atoms with E-state index < -0.39 is 11.2 Å². The minimum Gasteiger partial charge on any atom is -0.433 e. The lowest BCUT2D eigenvalue weighted by Crippen LogP contribution is -2.47. The van der Waals surface area contributed by atoms with Crippen LogP contribution in [0.4, 0.5) is 0 Å². The molecule has 0 fully saturated rings. The van der Waals surface area contributed by atoms with Gasteiger partial charge in [0.2, 0.25) is 0 Å². The van der Waals surface area contributed by atoms with Crippen LogP contribution in [0.15, 0.2) is 0 Å². The van der Waals surface area contributed by atoms with Gasteiger partial charge in [-0.2, -0.15) is 0 Å². The lowest BCUT2D eigenvalue weighted by molar-refractivity contribution is -0.0902. The maximum absolute atomic E-state index is 9.63. The number of aliphatic hydroxyl groups is 1. The molecular formula is C8H18BO2. The van der Waals surface area contributed by atoms with Gasteiger partial charge in [-0.15, -0.1) is 0 Å². The summed E-state index contributed by atoms with van der Waals surface area (Å²) in [5.41, 5.74) is -1.32. The van der Waals surface area contributed by atoms with Gasteiger partial charge in [-0.1, -0.05) is 13.2 Å². The fourth-order valence-electron chi connectivity index (χ4n) is 0.436. The first-order chi connectivity index (χ1) is 4.81. The third-order valence-corrected chi connectivity index (χ3v) is 2.02. The highest BCUT2D eigenvalue weighted by Crippen LogP contribution is 2.24. The van der Waals surface area contributed by atoms with Crippen LogP contribution in [0.2, 0.25) is 6.32 Å². The van der Waals surface area contributed by atoms with Gasteiger partial charge in [0, 0.05) is 0 Å². The summed E-state index contributed by atoms with van der Waals surface area (Å²) in [6.07, 6.45) is 0.861. The first-order valence-corrected chi connectivity index (χ1v) is 4.03. The van der Waals surface area contributed by atoms with Crippen LogP contribution in [0.1, 0.15) is 34.6 Å². The molecule has 0 atom stereocenters. The van der Waals surface area contributed by atoms with Crippen molar-refractivity contribution in [2.45, 2.75) is 52.1 Å². The van der Waals surface area contributed by atoms with Crippen LogP contribution < -0.4 is 0 Å². The van der Waals surface area contributed by atoms with Crippen LogP contribution in [0.3, 0.4) is 0 Å². The minimum absolute atomic E-state index is 0.511. The molecule has 0 aromatic heterocycles. The summed E-state index contributed by atoms with van der Waals surface area (Å²) in [7, 11) is 1.72. The second kappa shape index (κ2) is 3.59. The van der Waals surface area contributed by atoms with Crippen molar-refractivity contribution in [2.75, 3.05) is 0 Å². The second-order valence-electron chi connectivity index (χ2n) is 3.76. The van der Waals surface area contributed by atoms with Gasteiger partial charge in [-0.05, 0) is 27.7 Å². The highest BCUT2D eigenvalue weighted by Gasteiger charge is 2.35. The van der Waals surface area contributed by atoms with Crippen LogP contribution in [0.5, 0.6) is 0 Å². The summed E-state index contributed by atoms with van der Waals surface area (Å²) in [6, 6.07) is 0. The Labute approximate surface area is 70.2 Å². The topological polar surface area (TPSA) is 29.5 Å². The summed E-state index contributed by atoms with van der Waals surface area (Å²) < 4.78 is 5.37. The van der Waals surface area contributed by atoms with Gasteiger partial charge in [-0.25, -0.2) is 0 Å².